The maximum Gasteiger partial charge on any atom is 0.255 e. The van der Waals surface area contributed by atoms with Crippen molar-refractivity contribution in [1.29, 1.82) is 5.26 Å². The lowest BCUT2D eigenvalue weighted by molar-refractivity contribution is -0.00177. The van der Waals surface area contributed by atoms with Crippen molar-refractivity contribution in [2.75, 3.05) is 11.9 Å². The van der Waals surface area contributed by atoms with Crippen molar-refractivity contribution in [3.63, 3.8) is 0 Å². The van der Waals surface area contributed by atoms with Gasteiger partial charge in [0, 0.05) is 6.20 Å². The van der Waals surface area contributed by atoms with Crippen molar-refractivity contribution < 1.29 is 14.3 Å². The number of halogens is 2. The highest BCUT2D eigenvalue weighted by Gasteiger charge is 2.27. The third kappa shape index (κ3) is 5.34. The Morgan fingerprint density at radius 1 is 1.23 bits per heavy atom. The lowest BCUT2D eigenvalue weighted by Crippen LogP contribution is -2.42. The minimum absolute atomic E-state index is 0.119. The molecule has 0 aliphatic rings. The smallest absolute Gasteiger partial charge is 0.255 e. The summed E-state index contributed by atoms with van der Waals surface area (Å²) in [4.78, 5) is 25.4. The van der Waals surface area contributed by atoms with E-state index in [1.807, 2.05) is 6.07 Å². The van der Waals surface area contributed by atoms with Gasteiger partial charge in [0.15, 0.2) is 0 Å². The van der Waals surface area contributed by atoms with Gasteiger partial charge >= 0.3 is 0 Å². The van der Waals surface area contributed by atoms with Crippen LogP contribution < -0.4 is 10.6 Å². The first kappa shape index (κ1) is 24.0. The maximum absolute atomic E-state index is 14.2. The molecule has 0 aromatic carbocycles. The van der Waals surface area contributed by atoms with Gasteiger partial charge in [-0.25, -0.2) is 18.9 Å². The van der Waals surface area contributed by atoms with E-state index in [-0.39, 0.29) is 10.7 Å². The van der Waals surface area contributed by atoms with Crippen molar-refractivity contribution in [3.8, 4) is 17.5 Å². The molecule has 4 aromatic heterocycles. The Labute approximate surface area is 204 Å². The second-order valence-corrected chi connectivity index (χ2v) is 8.59. The first-order valence-corrected chi connectivity index (χ1v) is 10.8. The molecule has 4 heterocycles. The monoisotopic (exact) mass is 494 g/mol. The number of hydrogen-bond acceptors (Lipinski definition) is 8. The average Bonchev–Trinajstić information content (AvgIpc) is 3.26. The highest BCUT2D eigenvalue weighted by molar-refractivity contribution is 6.29. The zero-order valence-electron chi connectivity index (χ0n) is 18.7. The summed E-state index contributed by atoms with van der Waals surface area (Å²) in [6.45, 7) is 2.25. The number of fused-ring (bicyclic) bond motifs is 1. The van der Waals surface area contributed by atoms with Crippen LogP contribution in [0.1, 0.15) is 29.8 Å². The molecule has 35 heavy (non-hydrogen) atoms. The topological polar surface area (TPSA) is 141 Å². The summed E-state index contributed by atoms with van der Waals surface area (Å²) < 4.78 is 15.8. The summed E-state index contributed by atoms with van der Waals surface area (Å²) in [5.74, 6) is -0.283. The standard InChI is InChI=1S/C23H20ClFN8O2/c1-23(2,35)19(25)10-30-22(34)15-9-27-17(6-16(15)32-21-12-28-20(24)11-29-21)18-4-3-14-5-13(7-26)8-31-33(14)18/h3-6,8-9,11-12,19,35H,10H2,1-2H3,(H,30,34)(H,27,29,32). The fourth-order valence-corrected chi connectivity index (χ4v) is 3.27. The van der Waals surface area contributed by atoms with E-state index in [4.69, 9.17) is 16.9 Å². The second kappa shape index (κ2) is 9.61. The summed E-state index contributed by atoms with van der Waals surface area (Å²) >= 11 is 5.81. The van der Waals surface area contributed by atoms with Crippen molar-refractivity contribution in [3.05, 3.63) is 65.3 Å². The highest BCUT2D eigenvalue weighted by Crippen LogP contribution is 2.27. The van der Waals surface area contributed by atoms with E-state index in [1.165, 1.54) is 38.6 Å². The minimum Gasteiger partial charge on any atom is -0.387 e. The molecule has 1 amide bonds. The van der Waals surface area contributed by atoms with Gasteiger partial charge in [0.2, 0.25) is 0 Å². The fraction of sp³-hybridized carbons (Fsp3) is 0.217. The molecule has 0 bridgehead atoms. The number of pyridine rings is 1. The van der Waals surface area contributed by atoms with Gasteiger partial charge in [-0.1, -0.05) is 11.6 Å². The SMILES string of the molecule is CC(C)(O)C(F)CNC(=O)c1cnc(-c2ccc3cc(C#N)cnn23)cc1Nc1cnc(Cl)cn1. The van der Waals surface area contributed by atoms with Crippen LogP contribution in [0.4, 0.5) is 15.9 Å². The molecule has 10 nitrogen and oxygen atoms in total. The Morgan fingerprint density at radius 3 is 2.71 bits per heavy atom. The van der Waals surface area contributed by atoms with Crippen LogP contribution in [0.2, 0.25) is 5.15 Å². The first-order valence-electron chi connectivity index (χ1n) is 10.4. The lowest BCUT2D eigenvalue weighted by atomic mass is 10.0. The van der Waals surface area contributed by atoms with Crippen LogP contribution in [-0.4, -0.2) is 53.9 Å². The number of nitrogens with one attached hydrogen (secondary N) is 2. The van der Waals surface area contributed by atoms with Gasteiger partial charge in [-0.05, 0) is 38.1 Å². The van der Waals surface area contributed by atoms with E-state index in [0.717, 1.165) is 0 Å². The van der Waals surface area contributed by atoms with Crippen LogP contribution in [0.3, 0.4) is 0 Å². The third-order valence-electron chi connectivity index (χ3n) is 5.13. The molecule has 0 fully saturated rings. The first-order chi connectivity index (χ1) is 16.7. The number of rotatable bonds is 7. The summed E-state index contributed by atoms with van der Waals surface area (Å²) in [5.41, 5.74) is 1.05. The lowest BCUT2D eigenvalue weighted by Gasteiger charge is -2.22. The highest BCUT2D eigenvalue weighted by atomic mass is 35.5. The van der Waals surface area contributed by atoms with Crippen molar-refractivity contribution in [1.82, 2.24) is 29.9 Å². The molecule has 0 saturated heterocycles. The fourth-order valence-electron chi connectivity index (χ4n) is 3.18. The van der Waals surface area contributed by atoms with Crippen LogP contribution in [0.5, 0.6) is 0 Å². The molecule has 1 unspecified atom stereocenters. The zero-order valence-corrected chi connectivity index (χ0v) is 19.5. The predicted molar refractivity (Wildman–Crippen MR) is 127 cm³/mol. The van der Waals surface area contributed by atoms with Crippen LogP contribution in [-0.2, 0) is 0 Å². The third-order valence-corrected chi connectivity index (χ3v) is 5.33. The molecule has 0 aliphatic heterocycles. The molecular formula is C23H20ClFN8O2. The Morgan fingerprint density at radius 2 is 2.03 bits per heavy atom. The van der Waals surface area contributed by atoms with Gasteiger partial charge in [-0.3, -0.25) is 9.78 Å². The van der Waals surface area contributed by atoms with Gasteiger partial charge in [0.25, 0.3) is 5.91 Å². The number of carbonyl (C=O) groups is 1. The van der Waals surface area contributed by atoms with Crippen molar-refractivity contribution in [2.45, 2.75) is 25.6 Å². The van der Waals surface area contributed by atoms with E-state index in [9.17, 15) is 14.3 Å². The Bertz CT molecular complexity index is 1430. The molecule has 4 rings (SSSR count). The molecule has 3 N–H and O–H groups in total. The number of aliphatic hydroxyl groups is 1. The Hall–Kier alpha value is -4.14. The van der Waals surface area contributed by atoms with Crippen LogP contribution >= 0.6 is 11.6 Å². The number of alkyl halides is 1. The number of anilines is 2. The molecule has 0 spiro atoms. The Kier molecular flexibility index (Phi) is 6.59. The number of hydrogen-bond donors (Lipinski definition) is 3. The predicted octanol–water partition coefficient (Wildman–Crippen LogP) is 3.29. The zero-order chi connectivity index (χ0) is 25.2. The number of carbonyl (C=O) groups excluding carboxylic acids is 1. The molecule has 12 heteroatoms. The van der Waals surface area contributed by atoms with Gasteiger partial charge in [0.1, 0.15) is 23.2 Å². The largest absolute Gasteiger partial charge is 0.387 e. The summed E-state index contributed by atoms with van der Waals surface area (Å²) in [5, 5.41) is 28.9. The van der Waals surface area contributed by atoms with E-state index in [2.05, 4.69) is 30.7 Å². The van der Waals surface area contributed by atoms with E-state index in [1.54, 1.807) is 28.8 Å². The van der Waals surface area contributed by atoms with E-state index < -0.39 is 24.2 Å². The van der Waals surface area contributed by atoms with E-state index in [0.29, 0.717) is 34.0 Å². The molecule has 0 radical (unpaired) electrons. The number of amides is 1. The Balaban J connectivity index is 1.71. The van der Waals surface area contributed by atoms with Crippen LogP contribution in [0.15, 0.2) is 49.1 Å². The van der Waals surface area contributed by atoms with Crippen LogP contribution in [0.25, 0.3) is 16.9 Å². The molecule has 0 saturated carbocycles. The average molecular weight is 495 g/mol. The second-order valence-electron chi connectivity index (χ2n) is 8.21. The van der Waals surface area contributed by atoms with Crippen molar-refractivity contribution in [2.24, 2.45) is 0 Å². The number of nitriles is 1. The summed E-state index contributed by atoms with van der Waals surface area (Å²) in [7, 11) is 0. The molecule has 4 aromatic rings. The van der Waals surface area contributed by atoms with Gasteiger partial charge in [-0.2, -0.15) is 10.4 Å². The van der Waals surface area contributed by atoms with Gasteiger partial charge in [0.05, 0.1) is 64.5 Å². The number of nitrogens with zero attached hydrogens (tertiary/aromatic N) is 6. The van der Waals surface area contributed by atoms with E-state index >= 15 is 0 Å². The quantitative estimate of drug-likeness (QED) is 0.355. The maximum atomic E-state index is 14.2. The van der Waals surface area contributed by atoms with Gasteiger partial charge < -0.3 is 15.7 Å². The normalized spacial score (nSPS) is 12.2. The summed E-state index contributed by atoms with van der Waals surface area (Å²) in [6, 6.07) is 8.94. The van der Waals surface area contributed by atoms with Crippen LogP contribution in [0, 0.1) is 11.3 Å². The molecule has 0 aliphatic carbocycles. The molecule has 178 valence electrons. The van der Waals surface area contributed by atoms with Gasteiger partial charge in [-0.15, -0.1) is 0 Å². The summed E-state index contributed by atoms with van der Waals surface area (Å²) in [6.07, 6.45) is 3.86. The van der Waals surface area contributed by atoms with Crippen molar-refractivity contribution >= 4 is 34.5 Å². The minimum atomic E-state index is -1.67. The molecular weight excluding hydrogens is 475 g/mol. The molecule has 1 atom stereocenters. The number of aromatic nitrogens is 5.